The zero-order valence-corrected chi connectivity index (χ0v) is 23.4. The van der Waals surface area contributed by atoms with Crippen LogP contribution in [0.4, 0.5) is 15.8 Å². The minimum Gasteiger partial charge on any atom is -0.364 e. The van der Waals surface area contributed by atoms with Crippen LogP contribution in [0.15, 0.2) is 48.8 Å². The molecule has 204 valence electrons. The van der Waals surface area contributed by atoms with Crippen LogP contribution in [-0.4, -0.2) is 52.5 Å². The first kappa shape index (κ1) is 28.5. The van der Waals surface area contributed by atoms with Crippen molar-refractivity contribution in [2.24, 2.45) is 0 Å². The Balaban J connectivity index is 1.37. The normalized spacial score (nSPS) is 15.0. The number of halogens is 2. The van der Waals surface area contributed by atoms with Crippen molar-refractivity contribution in [1.29, 1.82) is 0 Å². The molecule has 2 aromatic carbocycles. The molecule has 1 amide bonds. The molecule has 9 heteroatoms. The van der Waals surface area contributed by atoms with E-state index in [9.17, 15) is 9.18 Å². The number of hydrogen-bond donors (Lipinski definition) is 1. The first-order valence-corrected chi connectivity index (χ1v) is 13.6. The van der Waals surface area contributed by atoms with Crippen LogP contribution in [0.5, 0.6) is 0 Å². The Morgan fingerprint density at radius 1 is 1.18 bits per heavy atom. The van der Waals surface area contributed by atoms with Crippen molar-refractivity contribution in [2.75, 3.05) is 24.5 Å². The van der Waals surface area contributed by atoms with E-state index in [4.69, 9.17) is 18.2 Å². The van der Waals surface area contributed by atoms with E-state index in [2.05, 4.69) is 36.9 Å². The maximum Gasteiger partial charge on any atom is 0.254 e. The average Bonchev–Trinajstić information content (AvgIpc) is 2.93. The maximum atomic E-state index is 14.7. The van der Waals surface area contributed by atoms with Gasteiger partial charge in [-0.2, -0.15) is 0 Å². The van der Waals surface area contributed by atoms with E-state index in [-0.39, 0.29) is 17.8 Å². The maximum absolute atomic E-state index is 14.7. The second-order valence-electron chi connectivity index (χ2n) is 10.1. The van der Waals surface area contributed by atoms with Crippen molar-refractivity contribution < 1.29 is 9.18 Å². The third-order valence-corrected chi connectivity index (χ3v) is 7.76. The van der Waals surface area contributed by atoms with E-state index in [1.54, 1.807) is 24.3 Å². The van der Waals surface area contributed by atoms with Gasteiger partial charge in [0.25, 0.3) is 5.91 Å². The van der Waals surface area contributed by atoms with Gasteiger partial charge in [-0.25, -0.2) is 19.2 Å². The molecule has 1 aliphatic heterocycles. The summed E-state index contributed by atoms with van der Waals surface area (Å²) in [4.78, 5) is 29.1. The number of likely N-dealkylation sites (tertiary alicyclic amines) is 1. The molecule has 1 aromatic heterocycles. The predicted molar refractivity (Wildman–Crippen MR) is 153 cm³/mol. The molecule has 0 radical (unpaired) electrons. The molecule has 0 bridgehead atoms. The summed E-state index contributed by atoms with van der Waals surface area (Å²) in [5, 5.41) is 3.53. The third-order valence-electron chi connectivity index (χ3n) is 7.52. The number of aromatic nitrogens is 2. The molecule has 0 aliphatic carbocycles. The number of aryl methyl sites for hydroxylation is 2. The number of hydrogen-bond acceptors (Lipinski definition) is 5. The molecule has 2 heterocycles. The van der Waals surface area contributed by atoms with E-state index >= 15 is 0 Å². The van der Waals surface area contributed by atoms with Crippen LogP contribution in [0.3, 0.4) is 0 Å². The lowest BCUT2D eigenvalue weighted by Crippen LogP contribution is -2.48. The summed E-state index contributed by atoms with van der Waals surface area (Å²) in [5.74, 6) is -0.410. The fraction of sp³-hybridized carbons (Fsp3) is 0.400. The van der Waals surface area contributed by atoms with Gasteiger partial charge in [-0.1, -0.05) is 23.7 Å². The van der Waals surface area contributed by atoms with Crippen LogP contribution < -0.4 is 10.2 Å². The number of nitrogens with one attached hydrogen (secondary N) is 1. The van der Waals surface area contributed by atoms with Crippen molar-refractivity contribution in [3.05, 3.63) is 93.6 Å². The minimum absolute atomic E-state index is 0.135. The second-order valence-corrected chi connectivity index (χ2v) is 10.5. The highest BCUT2D eigenvalue weighted by Crippen LogP contribution is 2.30. The summed E-state index contributed by atoms with van der Waals surface area (Å²) < 4.78 is 14.7. The van der Waals surface area contributed by atoms with Crippen molar-refractivity contribution in [2.45, 2.75) is 58.7 Å². The number of nitrogens with zero attached hydrogens (tertiary/aromatic N) is 5. The lowest BCUT2D eigenvalue weighted by molar-refractivity contribution is 0.0943. The van der Waals surface area contributed by atoms with Crippen molar-refractivity contribution >= 4 is 28.9 Å². The van der Waals surface area contributed by atoms with Gasteiger partial charge in [0.05, 0.1) is 23.5 Å². The molecule has 3 aromatic rings. The first-order chi connectivity index (χ1) is 18.8. The zero-order valence-electron chi connectivity index (χ0n) is 22.6. The molecule has 1 atom stereocenters. The van der Waals surface area contributed by atoms with Crippen LogP contribution in [-0.2, 0) is 6.54 Å². The Morgan fingerprint density at radius 3 is 2.49 bits per heavy atom. The van der Waals surface area contributed by atoms with Crippen molar-refractivity contribution in [3.63, 3.8) is 0 Å². The third kappa shape index (κ3) is 7.11. The van der Waals surface area contributed by atoms with Crippen LogP contribution in [0.2, 0.25) is 5.02 Å². The van der Waals surface area contributed by atoms with Gasteiger partial charge < -0.3 is 15.1 Å². The van der Waals surface area contributed by atoms with Gasteiger partial charge >= 0.3 is 0 Å². The Morgan fingerprint density at radius 2 is 1.85 bits per heavy atom. The van der Waals surface area contributed by atoms with Crippen LogP contribution in [0.25, 0.3) is 4.85 Å². The lowest BCUT2D eigenvalue weighted by atomic mass is 9.99. The summed E-state index contributed by atoms with van der Waals surface area (Å²) >= 11 is 6.18. The molecule has 7 nitrogen and oxygen atoms in total. The molecule has 0 saturated carbocycles. The van der Waals surface area contributed by atoms with Gasteiger partial charge in [0, 0.05) is 54.5 Å². The van der Waals surface area contributed by atoms with Gasteiger partial charge in [-0.05, 0) is 70.4 Å². The van der Waals surface area contributed by atoms with E-state index in [0.717, 1.165) is 38.0 Å². The van der Waals surface area contributed by atoms with Crippen LogP contribution in [0.1, 0.15) is 53.5 Å². The molecule has 1 unspecified atom stereocenters. The van der Waals surface area contributed by atoms with E-state index < -0.39 is 0 Å². The smallest absolute Gasteiger partial charge is 0.254 e. The van der Waals surface area contributed by atoms with Crippen LogP contribution in [0, 0.1) is 26.2 Å². The number of benzene rings is 2. The summed E-state index contributed by atoms with van der Waals surface area (Å²) in [6, 6.07) is 12.7. The van der Waals surface area contributed by atoms with E-state index in [1.165, 1.54) is 12.4 Å². The molecule has 0 spiro atoms. The number of carbonyl (C=O) groups is 1. The molecular weight excluding hydrogens is 515 g/mol. The van der Waals surface area contributed by atoms with Crippen molar-refractivity contribution in [3.8, 4) is 0 Å². The van der Waals surface area contributed by atoms with Crippen LogP contribution >= 0.6 is 11.6 Å². The van der Waals surface area contributed by atoms with Gasteiger partial charge in [0.2, 0.25) is 0 Å². The Kier molecular flexibility index (Phi) is 9.50. The zero-order chi connectivity index (χ0) is 27.9. The molecule has 1 fully saturated rings. The SMILES string of the molecule is [C-]#[N+]c1ccc(N(Cc2cc(Cl)ccc2F)C2CCN(C(C)CCNC(=O)c3c(C)ncnc3C)CC2)cc1. The highest BCUT2D eigenvalue weighted by atomic mass is 35.5. The first-order valence-electron chi connectivity index (χ1n) is 13.3. The number of piperidine rings is 1. The summed E-state index contributed by atoms with van der Waals surface area (Å²) in [5.41, 5.74) is 4.01. The largest absolute Gasteiger partial charge is 0.364 e. The number of carbonyl (C=O) groups excluding carboxylic acids is 1. The molecule has 39 heavy (non-hydrogen) atoms. The Labute approximate surface area is 234 Å². The molecular formula is C30H34ClFN6O. The Bertz CT molecular complexity index is 1310. The summed E-state index contributed by atoms with van der Waals surface area (Å²) in [6.45, 7) is 15.9. The Hall–Kier alpha value is -3.54. The highest BCUT2D eigenvalue weighted by Gasteiger charge is 2.28. The lowest BCUT2D eigenvalue weighted by Gasteiger charge is -2.42. The monoisotopic (exact) mass is 548 g/mol. The predicted octanol–water partition coefficient (Wildman–Crippen LogP) is 6.12. The number of amides is 1. The summed E-state index contributed by atoms with van der Waals surface area (Å²) in [6.07, 6.45) is 4.15. The summed E-state index contributed by atoms with van der Waals surface area (Å²) in [7, 11) is 0. The van der Waals surface area contributed by atoms with Gasteiger partial charge in [0.1, 0.15) is 12.1 Å². The second kappa shape index (κ2) is 13.0. The quantitative estimate of drug-likeness (QED) is 0.326. The molecule has 1 saturated heterocycles. The number of anilines is 1. The fourth-order valence-corrected chi connectivity index (χ4v) is 5.42. The van der Waals surface area contributed by atoms with E-state index in [0.29, 0.717) is 52.4 Å². The van der Waals surface area contributed by atoms with Crippen molar-refractivity contribution in [1.82, 2.24) is 20.2 Å². The highest BCUT2D eigenvalue weighted by molar-refractivity contribution is 6.30. The van der Waals surface area contributed by atoms with Gasteiger partial charge in [-0.15, -0.1) is 0 Å². The molecule has 4 rings (SSSR count). The fourth-order valence-electron chi connectivity index (χ4n) is 5.22. The molecule has 1 aliphatic rings. The number of rotatable bonds is 9. The van der Waals surface area contributed by atoms with Gasteiger partial charge in [-0.3, -0.25) is 4.79 Å². The topological polar surface area (TPSA) is 65.7 Å². The van der Waals surface area contributed by atoms with E-state index in [1.807, 2.05) is 26.0 Å². The standard InChI is InChI=1S/C30H34ClFN6O/c1-20(11-14-34-30(39)29-21(2)35-19-36-22(29)3)37-15-12-27(13-16-37)38(26-8-6-25(33-4)7-9-26)18-23-17-24(31)5-10-28(23)32/h5-10,17,19-20,27H,11-16,18H2,1-3H3,(H,34,39). The minimum atomic E-state index is -0.275. The molecule has 1 N–H and O–H groups in total. The van der Waals surface area contributed by atoms with Gasteiger partial charge in [0.15, 0.2) is 5.69 Å². The average molecular weight is 549 g/mol.